The minimum Gasteiger partial charge on any atom is -0.493 e. The van der Waals surface area contributed by atoms with Crippen LogP contribution < -0.4 is 14.8 Å². The summed E-state index contributed by atoms with van der Waals surface area (Å²) in [6.07, 6.45) is 0. The minimum absolute atomic E-state index is 0.157. The fourth-order valence-electron chi connectivity index (χ4n) is 2.24. The molecule has 0 radical (unpaired) electrons. The Bertz CT molecular complexity index is 856. The van der Waals surface area contributed by atoms with Crippen molar-refractivity contribution in [3.05, 3.63) is 51.0 Å². The van der Waals surface area contributed by atoms with E-state index >= 15 is 0 Å². The third-order valence-corrected chi connectivity index (χ3v) is 4.42. The number of methoxy groups -OCH3 is 1. The van der Waals surface area contributed by atoms with Crippen molar-refractivity contribution in [1.29, 1.82) is 0 Å². The third-order valence-electron chi connectivity index (χ3n) is 3.49. The molecule has 1 N–H and O–H groups in total. The molecule has 0 saturated heterocycles. The van der Waals surface area contributed by atoms with Gasteiger partial charge >= 0.3 is 5.97 Å². The fraction of sp³-hybridized carbons (Fsp3) is 0.263. The van der Waals surface area contributed by atoms with E-state index < -0.39 is 18.5 Å². The second-order valence-corrected chi connectivity index (χ2v) is 6.79. The molecular weight excluding hydrogens is 438 g/mol. The third kappa shape index (κ3) is 5.61. The van der Waals surface area contributed by atoms with Crippen molar-refractivity contribution in [3.63, 3.8) is 0 Å². The average Bonchev–Trinajstić information content (AvgIpc) is 2.63. The van der Waals surface area contributed by atoms with Crippen molar-refractivity contribution in [2.24, 2.45) is 0 Å². The Morgan fingerprint density at radius 1 is 1.22 bits per heavy atom. The van der Waals surface area contributed by atoms with Gasteiger partial charge in [0.2, 0.25) is 0 Å². The van der Waals surface area contributed by atoms with Gasteiger partial charge in [-0.1, -0.05) is 17.7 Å². The lowest BCUT2D eigenvalue weighted by Crippen LogP contribution is -2.21. The number of benzene rings is 2. The number of aryl methyl sites for hydroxylation is 1. The number of amides is 1. The Kier molecular flexibility index (Phi) is 7.50. The quantitative estimate of drug-likeness (QED) is 0.616. The number of nitrogens with one attached hydrogen (secondary N) is 1. The van der Waals surface area contributed by atoms with E-state index in [4.69, 9.17) is 25.8 Å². The van der Waals surface area contributed by atoms with Crippen LogP contribution in [0, 0.1) is 6.92 Å². The summed E-state index contributed by atoms with van der Waals surface area (Å²) in [4.78, 5) is 24.3. The summed E-state index contributed by atoms with van der Waals surface area (Å²) in [5, 5.41) is 2.89. The Morgan fingerprint density at radius 3 is 2.59 bits per heavy atom. The van der Waals surface area contributed by atoms with Gasteiger partial charge < -0.3 is 19.5 Å². The van der Waals surface area contributed by atoms with Crippen LogP contribution in [0.1, 0.15) is 22.8 Å². The number of hydrogen-bond donors (Lipinski definition) is 1. The molecule has 8 heteroatoms. The summed E-state index contributed by atoms with van der Waals surface area (Å²) in [6, 6.07) is 8.35. The maximum absolute atomic E-state index is 12.2. The first-order chi connectivity index (χ1) is 12.8. The van der Waals surface area contributed by atoms with Crippen molar-refractivity contribution in [2.45, 2.75) is 13.8 Å². The van der Waals surface area contributed by atoms with Crippen LogP contribution in [-0.4, -0.2) is 32.2 Å². The number of carbonyl (C=O) groups is 2. The first kappa shape index (κ1) is 21.1. The van der Waals surface area contributed by atoms with Gasteiger partial charge in [-0.25, -0.2) is 4.79 Å². The van der Waals surface area contributed by atoms with Crippen LogP contribution in [0.4, 0.5) is 5.69 Å². The van der Waals surface area contributed by atoms with Crippen molar-refractivity contribution in [3.8, 4) is 11.5 Å². The molecule has 0 aliphatic carbocycles. The zero-order valence-corrected chi connectivity index (χ0v) is 17.4. The standard InChI is InChI=1S/C19H19BrClNO5/c1-4-26-18-14(21)8-12(9-16(18)25-3)19(24)27-10-17(23)22-15-6-5-11(2)7-13(15)20/h5-9H,4,10H2,1-3H3,(H,22,23). The Morgan fingerprint density at radius 2 is 1.96 bits per heavy atom. The molecule has 0 heterocycles. The molecule has 0 spiro atoms. The molecule has 2 aromatic carbocycles. The number of halogens is 2. The van der Waals surface area contributed by atoms with E-state index in [0.29, 0.717) is 23.8 Å². The number of rotatable bonds is 7. The summed E-state index contributed by atoms with van der Waals surface area (Å²) in [6.45, 7) is 3.71. The Hall–Kier alpha value is -2.25. The van der Waals surface area contributed by atoms with E-state index in [9.17, 15) is 9.59 Å². The summed E-state index contributed by atoms with van der Waals surface area (Å²) >= 11 is 9.51. The molecule has 0 atom stereocenters. The molecule has 0 unspecified atom stereocenters. The normalized spacial score (nSPS) is 10.3. The molecule has 144 valence electrons. The molecule has 0 aliphatic rings. The summed E-state index contributed by atoms with van der Waals surface area (Å²) in [5.74, 6) is -0.502. The molecule has 0 bridgehead atoms. The van der Waals surface area contributed by atoms with Gasteiger partial charge in [-0.2, -0.15) is 0 Å². The van der Waals surface area contributed by atoms with Gasteiger partial charge in [-0.15, -0.1) is 0 Å². The van der Waals surface area contributed by atoms with Crippen molar-refractivity contribution in [2.75, 3.05) is 25.6 Å². The number of hydrogen-bond acceptors (Lipinski definition) is 5. The molecule has 0 saturated carbocycles. The minimum atomic E-state index is -0.698. The van der Waals surface area contributed by atoms with Crippen LogP contribution in [0.25, 0.3) is 0 Å². The molecule has 27 heavy (non-hydrogen) atoms. The van der Waals surface area contributed by atoms with Crippen LogP contribution in [0.5, 0.6) is 11.5 Å². The summed E-state index contributed by atoms with van der Waals surface area (Å²) in [7, 11) is 1.44. The fourth-order valence-corrected chi connectivity index (χ4v) is 3.10. The Balaban J connectivity index is 2.02. The van der Waals surface area contributed by atoms with E-state index in [1.165, 1.54) is 19.2 Å². The zero-order chi connectivity index (χ0) is 20.0. The van der Waals surface area contributed by atoms with Gasteiger partial charge in [0.05, 0.1) is 30.0 Å². The largest absolute Gasteiger partial charge is 0.493 e. The maximum Gasteiger partial charge on any atom is 0.338 e. The van der Waals surface area contributed by atoms with Gasteiger partial charge in [0, 0.05) is 4.47 Å². The highest BCUT2D eigenvalue weighted by atomic mass is 79.9. The van der Waals surface area contributed by atoms with E-state index in [-0.39, 0.29) is 10.6 Å². The van der Waals surface area contributed by atoms with E-state index in [0.717, 1.165) is 10.0 Å². The highest BCUT2D eigenvalue weighted by Gasteiger charge is 2.18. The SMILES string of the molecule is CCOc1c(Cl)cc(C(=O)OCC(=O)Nc2ccc(C)cc2Br)cc1OC. The highest BCUT2D eigenvalue weighted by Crippen LogP contribution is 2.36. The Labute approximate surface area is 170 Å². The average molecular weight is 457 g/mol. The van der Waals surface area contributed by atoms with Crippen LogP contribution in [0.3, 0.4) is 0 Å². The van der Waals surface area contributed by atoms with Crippen LogP contribution in [-0.2, 0) is 9.53 Å². The molecule has 0 fully saturated rings. The van der Waals surface area contributed by atoms with Gasteiger partial charge in [0.25, 0.3) is 5.91 Å². The van der Waals surface area contributed by atoms with Crippen LogP contribution in [0.15, 0.2) is 34.8 Å². The van der Waals surface area contributed by atoms with Gasteiger partial charge in [-0.3, -0.25) is 4.79 Å². The van der Waals surface area contributed by atoms with Gasteiger partial charge in [0.1, 0.15) is 0 Å². The summed E-state index contributed by atoms with van der Waals surface area (Å²) < 4.78 is 16.4. The topological polar surface area (TPSA) is 73.9 Å². The highest BCUT2D eigenvalue weighted by molar-refractivity contribution is 9.10. The second kappa shape index (κ2) is 9.62. The summed E-state index contributed by atoms with van der Waals surface area (Å²) in [5.41, 5.74) is 1.80. The monoisotopic (exact) mass is 455 g/mol. The molecule has 0 aliphatic heterocycles. The first-order valence-electron chi connectivity index (χ1n) is 8.09. The molecule has 1 amide bonds. The van der Waals surface area contributed by atoms with E-state index in [1.54, 1.807) is 6.07 Å². The van der Waals surface area contributed by atoms with Crippen LogP contribution in [0.2, 0.25) is 5.02 Å². The zero-order valence-electron chi connectivity index (χ0n) is 15.1. The molecular formula is C19H19BrClNO5. The first-order valence-corrected chi connectivity index (χ1v) is 9.26. The molecule has 2 aromatic rings. The number of anilines is 1. The number of esters is 1. The smallest absolute Gasteiger partial charge is 0.338 e. The lowest BCUT2D eigenvalue weighted by molar-refractivity contribution is -0.119. The predicted octanol–water partition coefficient (Wildman–Crippen LogP) is 4.61. The van der Waals surface area contributed by atoms with Crippen molar-refractivity contribution >= 4 is 45.1 Å². The van der Waals surface area contributed by atoms with E-state index in [1.807, 2.05) is 26.0 Å². The van der Waals surface area contributed by atoms with E-state index in [2.05, 4.69) is 21.2 Å². The van der Waals surface area contributed by atoms with Crippen LogP contribution >= 0.6 is 27.5 Å². The number of ether oxygens (including phenoxy) is 3. The van der Waals surface area contributed by atoms with Gasteiger partial charge in [0.15, 0.2) is 18.1 Å². The van der Waals surface area contributed by atoms with Gasteiger partial charge in [-0.05, 0) is 59.6 Å². The maximum atomic E-state index is 12.2. The van der Waals surface area contributed by atoms with Crippen molar-refractivity contribution < 1.29 is 23.8 Å². The second-order valence-electron chi connectivity index (χ2n) is 5.53. The molecule has 0 aromatic heterocycles. The number of carbonyl (C=O) groups excluding carboxylic acids is 2. The molecule has 6 nitrogen and oxygen atoms in total. The van der Waals surface area contributed by atoms with Crippen molar-refractivity contribution in [1.82, 2.24) is 0 Å². The lowest BCUT2D eigenvalue weighted by atomic mass is 10.2. The lowest BCUT2D eigenvalue weighted by Gasteiger charge is -2.13. The molecule has 2 rings (SSSR count). The predicted molar refractivity (Wildman–Crippen MR) is 107 cm³/mol.